The van der Waals surface area contributed by atoms with Crippen LogP contribution in [0.1, 0.15) is 64.2 Å². The lowest BCUT2D eigenvalue weighted by Gasteiger charge is -2.37. The second-order valence-corrected chi connectivity index (χ2v) is 5.37. The fourth-order valence-corrected chi connectivity index (χ4v) is 3.08. The number of rotatable bonds is 2. The summed E-state index contributed by atoms with van der Waals surface area (Å²) >= 11 is 0. The zero-order valence-corrected chi connectivity index (χ0v) is 9.38. The van der Waals surface area contributed by atoms with E-state index in [2.05, 4.69) is 0 Å². The lowest BCUT2D eigenvalue weighted by atomic mass is 9.72. The quantitative estimate of drug-likeness (QED) is 0.717. The lowest BCUT2D eigenvalue weighted by Crippen LogP contribution is -2.41. The topological polar surface area (TPSA) is 26.0 Å². The monoisotopic (exact) mass is 195 g/mol. The molecule has 0 amide bonds. The molecule has 2 rings (SSSR count). The van der Waals surface area contributed by atoms with E-state index in [-0.39, 0.29) is 0 Å². The van der Waals surface area contributed by atoms with Gasteiger partial charge in [0.15, 0.2) is 0 Å². The van der Waals surface area contributed by atoms with Gasteiger partial charge in [0, 0.05) is 6.04 Å². The van der Waals surface area contributed by atoms with Gasteiger partial charge >= 0.3 is 0 Å². The van der Waals surface area contributed by atoms with Crippen molar-refractivity contribution in [3.63, 3.8) is 0 Å². The van der Waals surface area contributed by atoms with E-state index in [4.69, 9.17) is 5.73 Å². The van der Waals surface area contributed by atoms with E-state index in [1.165, 1.54) is 64.2 Å². The van der Waals surface area contributed by atoms with Crippen molar-refractivity contribution in [2.24, 2.45) is 17.6 Å². The number of hydrogen-bond acceptors (Lipinski definition) is 1. The van der Waals surface area contributed by atoms with Crippen molar-refractivity contribution < 1.29 is 0 Å². The molecule has 1 atom stereocenters. The predicted octanol–water partition coefficient (Wildman–Crippen LogP) is 3.47. The van der Waals surface area contributed by atoms with E-state index in [1.807, 2.05) is 0 Å². The maximum absolute atomic E-state index is 6.37. The predicted molar refractivity (Wildman–Crippen MR) is 61.1 cm³/mol. The zero-order chi connectivity index (χ0) is 9.80. The van der Waals surface area contributed by atoms with E-state index < -0.39 is 0 Å². The number of hydrogen-bond donors (Lipinski definition) is 1. The maximum atomic E-state index is 6.37. The second kappa shape index (κ2) is 5.16. The highest BCUT2D eigenvalue weighted by molar-refractivity contribution is 4.85. The van der Waals surface area contributed by atoms with E-state index >= 15 is 0 Å². The van der Waals surface area contributed by atoms with Crippen molar-refractivity contribution in [1.82, 2.24) is 0 Å². The molecule has 0 saturated heterocycles. The fourth-order valence-electron chi connectivity index (χ4n) is 3.08. The van der Waals surface area contributed by atoms with Gasteiger partial charge < -0.3 is 5.73 Å². The fraction of sp³-hybridized carbons (Fsp3) is 1.00. The SMILES string of the molecule is NC(C1CCCCCCC1)C1CCC1. The molecule has 1 nitrogen and oxygen atoms in total. The van der Waals surface area contributed by atoms with E-state index in [0.717, 1.165) is 11.8 Å². The Hall–Kier alpha value is -0.0400. The minimum absolute atomic E-state index is 0.543. The Morgan fingerprint density at radius 1 is 0.643 bits per heavy atom. The summed E-state index contributed by atoms with van der Waals surface area (Å²) in [6.45, 7) is 0. The normalized spacial score (nSPS) is 28.9. The first-order valence-electron chi connectivity index (χ1n) is 6.63. The van der Waals surface area contributed by atoms with Gasteiger partial charge in [-0.25, -0.2) is 0 Å². The van der Waals surface area contributed by atoms with Crippen LogP contribution in [0.25, 0.3) is 0 Å². The van der Waals surface area contributed by atoms with Crippen LogP contribution in [-0.2, 0) is 0 Å². The molecule has 2 N–H and O–H groups in total. The molecular weight excluding hydrogens is 170 g/mol. The molecule has 0 bridgehead atoms. The summed E-state index contributed by atoms with van der Waals surface area (Å²) in [7, 11) is 0. The van der Waals surface area contributed by atoms with E-state index in [9.17, 15) is 0 Å². The van der Waals surface area contributed by atoms with Crippen LogP contribution in [0, 0.1) is 11.8 Å². The van der Waals surface area contributed by atoms with Crippen LogP contribution in [0.5, 0.6) is 0 Å². The molecule has 2 fully saturated rings. The Labute approximate surface area is 88.4 Å². The Morgan fingerprint density at radius 2 is 1.07 bits per heavy atom. The molecule has 0 radical (unpaired) electrons. The van der Waals surface area contributed by atoms with Gasteiger partial charge in [-0.15, -0.1) is 0 Å². The highest BCUT2D eigenvalue weighted by atomic mass is 14.7. The first-order chi connectivity index (χ1) is 6.88. The Kier molecular flexibility index (Phi) is 3.86. The molecule has 2 aliphatic rings. The third kappa shape index (κ3) is 2.50. The van der Waals surface area contributed by atoms with E-state index in [0.29, 0.717) is 6.04 Å². The van der Waals surface area contributed by atoms with Gasteiger partial charge in [-0.2, -0.15) is 0 Å². The van der Waals surface area contributed by atoms with Crippen molar-refractivity contribution in [1.29, 1.82) is 0 Å². The maximum Gasteiger partial charge on any atom is 0.00956 e. The van der Waals surface area contributed by atoms with Gasteiger partial charge in [-0.1, -0.05) is 38.5 Å². The highest BCUT2D eigenvalue weighted by Gasteiger charge is 2.30. The lowest BCUT2D eigenvalue weighted by molar-refractivity contribution is 0.185. The van der Waals surface area contributed by atoms with E-state index in [1.54, 1.807) is 0 Å². The van der Waals surface area contributed by atoms with Crippen molar-refractivity contribution in [3.05, 3.63) is 0 Å². The molecule has 82 valence electrons. The minimum Gasteiger partial charge on any atom is -0.327 e. The highest BCUT2D eigenvalue weighted by Crippen LogP contribution is 2.35. The average molecular weight is 195 g/mol. The molecule has 0 spiro atoms. The molecule has 1 heteroatoms. The Balaban J connectivity index is 1.80. The summed E-state index contributed by atoms with van der Waals surface area (Å²) < 4.78 is 0. The third-order valence-corrected chi connectivity index (χ3v) is 4.39. The summed E-state index contributed by atoms with van der Waals surface area (Å²) in [6, 6.07) is 0.543. The standard InChI is InChI=1S/C13H25N/c14-13(12-9-6-10-12)11-7-4-2-1-3-5-8-11/h11-13H,1-10,14H2. The molecule has 0 heterocycles. The molecule has 2 aliphatic carbocycles. The molecule has 0 aliphatic heterocycles. The molecule has 2 saturated carbocycles. The second-order valence-electron chi connectivity index (χ2n) is 5.37. The zero-order valence-electron chi connectivity index (χ0n) is 9.38. The Bertz CT molecular complexity index is 155. The van der Waals surface area contributed by atoms with Gasteiger partial charge in [0.05, 0.1) is 0 Å². The van der Waals surface area contributed by atoms with Crippen LogP contribution in [0.4, 0.5) is 0 Å². The molecule has 0 aromatic heterocycles. The van der Waals surface area contributed by atoms with Crippen LogP contribution in [0.2, 0.25) is 0 Å². The molecule has 1 unspecified atom stereocenters. The van der Waals surface area contributed by atoms with Gasteiger partial charge in [-0.05, 0) is 37.5 Å². The molecular formula is C13H25N. The van der Waals surface area contributed by atoms with Crippen molar-refractivity contribution in [2.45, 2.75) is 70.3 Å². The Morgan fingerprint density at radius 3 is 1.50 bits per heavy atom. The van der Waals surface area contributed by atoms with Crippen LogP contribution in [0.15, 0.2) is 0 Å². The minimum atomic E-state index is 0.543. The third-order valence-electron chi connectivity index (χ3n) is 4.39. The van der Waals surface area contributed by atoms with Crippen LogP contribution < -0.4 is 5.73 Å². The van der Waals surface area contributed by atoms with Crippen LogP contribution >= 0.6 is 0 Å². The molecule has 0 aromatic carbocycles. The van der Waals surface area contributed by atoms with Crippen LogP contribution in [0.3, 0.4) is 0 Å². The van der Waals surface area contributed by atoms with Gasteiger partial charge in [0.2, 0.25) is 0 Å². The first kappa shape index (κ1) is 10.5. The largest absolute Gasteiger partial charge is 0.327 e. The van der Waals surface area contributed by atoms with Crippen molar-refractivity contribution >= 4 is 0 Å². The smallest absolute Gasteiger partial charge is 0.00956 e. The number of nitrogens with two attached hydrogens (primary N) is 1. The molecule has 14 heavy (non-hydrogen) atoms. The summed E-state index contributed by atoms with van der Waals surface area (Å²) in [5.41, 5.74) is 6.37. The van der Waals surface area contributed by atoms with Gasteiger partial charge in [-0.3, -0.25) is 0 Å². The van der Waals surface area contributed by atoms with Crippen molar-refractivity contribution in [2.75, 3.05) is 0 Å². The first-order valence-corrected chi connectivity index (χ1v) is 6.63. The average Bonchev–Trinajstić information content (AvgIpc) is 1.99. The van der Waals surface area contributed by atoms with Gasteiger partial charge in [0.25, 0.3) is 0 Å². The van der Waals surface area contributed by atoms with Gasteiger partial charge in [0.1, 0.15) is 0 Å². The summed E-state index contributed by atoms with van der Waals surface area (Å²) in [6.07, 6.45) is 14.3. The van der Waals surface area contributed by atoms with Crippen LogP contribution in [-0.4, -0.2) is 6.04 Å². The molecule has 0 aromatic rings. The summed E-state index contributed by atoms with van der Waals surface area (Å²) in [5.74, 6) is 1.75. The summed E-state index contributed by atoms with van der Waals surface area (Å²) in [4.78, 5) is 0. The summed E-state index contributed by atoms with van der Waals surface area (Å²) in [5, 5.41) is 0. The van der Waals surface area contributed by atoms with Crippen molar-refractivity contribution in [3.8, 4) is 0 Å².